The number of fused-ring (bicyclic) bond motifs is 1. The van der Waals surface area contributed by atoms with Crippen LogP contribution in [0.1, 0.15) is 23.3 Å². The van der Waals surface area contributed by atoms with Crippen molar-refractivity contribution < 1.29 is 17.9 Å². The van der Waals surface area contributed by atoms with Crippen LogP contribution in [0.4, 0.5) is 0 Å². The molecule has 194 valence electrons. The predicted molar refractivity (Wildman–Crippen MR) is 142 cm³/mol. The van der Waals surface area contributed by atoms with Crippen molar-refractivity contribution >= 4 is 44.9 Å². The average Bonchev–Trinajstić information content (AvgIpc) is 3.41. The maximum Gasteiger partial charge on any atom is 0.239 e. The first-order valence-corrected chi connectivity index (χ1v) is 14.7. The van der Waals surface area contributed by atoms with Gasteiger partial charge in [0.2, 0.25) is 15.9 Å². The van der Waals surface area contributed by atoms with Crippen molar-refractivity contribution in [2.45, 2.75) is 30.6 Å². The largest absolute Gasteiger partial charge is 0.381 e. The Morgan fingerprint density at radius 1 is 1.14 bits per heavy atom. The van der Waals surface area contributed by atoms with Gasteiger partial charge < -0.3 is 9.64 Å². The third-order valence-corrected chi connectivity index (χ3v) is 9.98. The maximum atomic E-state index is 13.3. The number of benzene rings is 1. The van der Waals surface area contributed by atoms with Gasteiger partial charge in [0.15, 0.2) is 0 Å². The summed E-state index contributed by atoms with van der Waals surface area (Å²) in [4.78, 5) is 18.3. The topological polar surface area (TPSA) is 82.2 Å². The quantitative estimate of drug-likeness (QED) is 0.571. The van der Waals surface area contributed by atoms with E-state index in [2.05, 4.69) is 34.5 Å². The highest BCUT2D eigenvalue weighted by atomic mass is 35.5. The molecule has 1 spiro atoms. The molecule has 1 atom stereocenters. The number of piperidine rings is 1. The molecule has 0 radical (unpaired) electrons. The van der Waals surface area contributed by atoms with Crippen molar-refractivity contribution in [1.29, 1.82) is 0 Å². The van der Waals surface area contributed by atoms with Crippen LogP contribution in [0.2, 0.25) is 4.34 Å². The molecule has 0 saturated carbocycles. The molecule has 1 unspecified atom stereocenters. The SMILES string of the molecule is COCC12CN(S(=O)(=O)C=Cc3ccc(Cl)s3)CC(=O)N1CC1(CCN(Cc3ccccc3)CC1)N2. The second kappa shape index (κ2) is 10.2. The fourth-order valence-corrected chi connectivity index (χ4v) is 7.81. The Morgan fingerprint density at radius 2 is 1.89 bits per heavy atom. The van der Waals surface area contributed by atoms with Gasteiger partial charge in [-0.3, -0.25) is 15.0 Å². The van der Waals surface area contributed by atoms with Gasteiger partial charge in [-0.15, -0.1) is 11.3 Å². The monoisotopic (exact) mass is 550 g/mol. The Labute approximate surface area is 221 Å². The molecule has 36 heavy (non-hydrogen) atoms. The normalized spacial score (nSPS) is 25.2. The Bertz CT molecular complexity index is 1230. The minimum absolute atomic E-state index is 0.139. The molecular formula is C25H31ClN4O4S2. The molecule has 4 heterocycles. The van der Waals surface area contributed by atoms with E-state index in [-0.39, 0.29) is 31.1 Å². The lowest BCUT2D eigenvalue weighted by Gasteiger charge is -2.45. The summed E-state index contributed by atoms with van der Waals surface area (Å²) < 4.78 is 33.8. The summed E-state index contributed by atoms with van der Waals surface area (Å²) >= 11 is 7.26. The lowest BCUT2D eigenvalue weighted by Crippen LogP contribution is -2.69. The second-order valence-electron chi connectivity index (χ2n) is 9.87. The van der Waals surface area contributed by atoms with Gasteiger partial charge in [0.05, 0.1) is 24.0 Å². The van der Waals surface area contributed by atoms with Crippen molar-refractivity contribution in [3.05, 3.63) is 62.6 Å². The third kappa shape index (κ3) is 5.26. The van der Waals surface area contributed by atoms with Crippen molar-refractivity contribution in [2.75, 3.05) is 46.4 Å². The van der Waals surface area contributed by atoms with Gasteiger partial charge in [-0.2, -0.15) is 4.31 Å². The number of amides is 1. The summed E-state index contributed by atoms with van der Waals surface area (Å²) in [5.74, 6) is -0.203. The van der Waals surface area contributed by atoms with Gasteiger partial charge in [-0.25, -0.2) is 8.42 Å². The number of sulfonamides is 1. The molecule has 5 rings (SSSR count). The van der Waals surface area contributed by atoms with Gasteiger partial charge in [-0.1, -0.05) is 41.9 Å². The number of methoxy groups -OCH3 is 1. The van der Waals surface area contributed by atoms with Crippen LogP contribution in [0, 0.1) is 0 Å². The molecular weight excluding hydrogens is 520 g/mol. The van der Waals surface area contributed by atoms with E-state index in [0.717, 1.165) is 42.8 Å². The van der Waals surface area contributed by atoms with Crippen molar-refractivity contribution in [3.8, 4) is 0 Å². The number of likely N-dealkylation sites (tertiary alicyclic amines) is 1. The number of hydrogen-bond acceptors (Lipinski definition) is 7. The Balaban J connectivity index is 1.31. The number of hydrogen-bond donors (Lipinski definition) is 1. The molecule has 3 aliphatic heterocycles. The summed E-state index contributed by atoms with van der Waals surface area (Å²) in [6, 6.07) is 13.9. The molecule has 0 bridgehead atoms. The second-order valence-corrected chi connectivity index (χ2v) is 13.4. The van der Waals surface area contributed by atoms with Crippen LogP contribution in [-0.2, 0) is 26.1 Å². The number of halogens is 1. The number of thiophene rings is 1. The highest BCUT2D eigenvalue weighted by molar-refractivity contribution is 7.92. The number of rotatable bonds is 7. The van der Waals surface area contributed by atoms with Crippen LogP contribution in [-0.4, -0.2) is 86.1 Å². The lowest BCUT2D eigenvalue weighted by molar-refractivity contribution is -0.144. The highest BCUT2D eigenvalue weighted by Gasteiger charge is 2.58. The first kappa shape index (κ1) is 25.8. The van der Waals surface area contributed by atoms with E-state index in [4.69, 9.17) is 16.3 Å². The highest BCUT2D eigenvalue weighted by Crippen LogP contribution is 2.38. The molecule has 1 aromatic carbocycles. The number of ether oxygens (including phenoxy) is 1. The molecule has 1 N–H and O–H groups in total. The molecule has 1 amide bonds. The number of nitrogens with one attached hydrogen (secondary N) is 1. The summed E-state index contributed by atoms with van der Waals surface area (Å²) in [6.07, 6.45) is 3.28. The van der Waals surface area contributed by atoms with Crippen LogP contribution >= 0.6 is 22.9 Å². The van der Waals surface area contributed by atoms with E-state index in [1.807, 2.05) is 11.0 Å². The van der Waals surface area contributed by atoms with E-state index in [0.29, 0.717) is 10.9 Å². The van der Waals surface area contributed by atoms with Crippen molar-refractivity contribution in [2.24, 2.45) is 0 Å². The van der Waals surface area contributed by atoms with Gasteiger partial charge in [-0.05, 0) is 36.6 Å². The van der Waals surface area contributed by atoms with E-state index in [1.54, 1.807) is 19.2 Å². The zero-order valence-corrected chi connectivity index (χ0v) is 22.6. The van der Waals surface area contributed by atoms with Crippen LogP contribution in [0.25, 0.3) is 6.08 Å². The van der Waals surface area contributed by atoms with Crippen molar-refractivity contribution in [1.82, 2.24) is 19.4 Å². The van der Waals surface area contributed by atoms with Gasteiger partial charge in [0.1, 0.15) is 5.66 Å². The summed E-state index contributed by atoms with van der Waals surface area (Å²) in [7, 11) is -2.24. The Hall–Kier alpha value is -1.79. The van der Waals surface area contributed by atoms with E-state index < -0.39 is 15.7 Å². The van der Waals surface area contributed by atoms with Crippen LogP contribution < -0.4 is 5.32 Å². The smallest absolute Gasteiger partial charge is 0.239 e. The molecule has 3 fully saturated rings. The van der Waals surface area contributed by atoms with Gasteiger partial charge in [0, 0.05) is 49.1 Å². The maximum absolute atomic E-state index is 13.3. The average molecular weight is 551 g/mol. The fraction of sp³-hybridized carbons (Fsp3) is 0.480. The zero-order chi connectivity index (χ0) is 25.4. The van der Waals surface area contributed by atoms with Crippen LogP contribution in [0.15, 0.2) is 47.9 Å². The van der Waals surface area contributed by atoms with E-state index in [9.17, 15) is 13.2 Å². The summed E-state index contributed by atoms with van der Waals surface area (Å²) in [6.45, 7) is 3.44. The van der Waals surface area contributed by atoms with Crippen LogP contribution in [0.5, 0.6) is 0 Å². The third-order valence-electron chi connectivity index (χ3n) is 7.33. The van der Waals surface area contributed by atoms with Gasteiger partial charge in [0.25, 0.3) is 0 Å². The molecule has 8 nitrogen and oxygen atoms in total. The first-order valence-electron chi connectivity index (χ1n) is 12.0. The van der Waals surface area contributed by atoms with E-state index in [1.165, 1.54) is 27.3 Å². The van der Waals surface area contributed by atoms with Gasteiger partial charge >= 0.3 is 0 Å². The fourth-order valence-electron chi connectivity index (χ4n) is 5.59. The van der Waals surface area contributed by atoms with Crippen LogP contribution in [0.3, 0.4) is 0 Å². The molecule has 2 aromatic rings. The number of carbonyl (C=O) groups excluding carboxylic acids is 1. The first-order chi connectivity index (χ1) is 17.2. The molecule has 0 aliphatic carbocycles. The standard InChI is InChI=1S/C25H31ClN4O4S2/c1-34-19-25-18-29(36(32,33)14-9-21-7-8-22(26)35-21)16-23(31)30(25)17-24(27-25)10-12-28(13-11-24)15-20-5-3-2-4-6-20/h2-9,14,27H,10-13,15-19H2,1H3. The van der Waals surface area contributed by atoms with Crippen molar-refractivity contribution in [3.63, 3.8) is 0 Å². The summed E-state index contributed by atoms with van der Waals surface area (Å²) in [5, 5.41) is 4.88. The molecule has 3 aliphatic rings. The molecule has 1 aromatic heterocycles. The molecule has 11 heteroatoms. The predicted octanol–water partition coefficient (Wildman–Crippen LogP) is 2.83. The minimum atomic E-state index is -3.82. The Morgan fingerprint density at radius 3 is 2.56 bits per heavy atom. The van der Waals surface area contributed by atoms with E-state index >= 15 is 0 Å². The number of carbonyl (C=O) groups is 1. The number of nitrogens with zero attached hydrogens (tertiary/aromatic N) is 3. The minimum Gasteiger partial charge on any atom is -0.381 e. The Kier molecular flexibility index (Phi) is 7.30. The lowest BCUT2D eigenvalue weighted by atomic mass is 9.88. The zero-order valence-electron chi connectivity index (χ0n) is 20.2. The summed E-state index contributed by atoms with van der Waals surface area (Å²) in [5.41, 5.74) is 0.138. The number of piperazine rings is 1. The molecule has 3 saturated heterocycles.